The average Bonchev–Trinajstić information content (AvgIpc) is 2.70. The average molecular weight is 389 g/mol. The van der Waals surface area contributed by atoms with Gasteiger partial charge in [0.25, 0.3) is 5.91 Å². The van der Waals surface area contributed by atoms with Crippen LogP contribution < -0.4 is 0 Å². The molecule has 0 saturated heterocycles. The van der Waals surface area contributed by atoms with Crippen molar-refractivity contribution in [1.29, 1.82) is 0 Å². The number of carbonyl (C=O) groups is 3. The monoisotopic (exact) mass is 388 g/mol. The molecule has 140 valence electrons. The third-order valence-corrected chi connectivity index (χ3v) is 4.56. The molecular weight excluding hydrogens is 372 g/mol. The van der Waals surface area contributed by atoms with Gasteiger partial charge in [-0.05, 0) is 23.3 Å². The zero-order valence-electron chi connectivity index (χ0n) is 14.6. The number of aromatic nitrogens is 1. The zero-order chi connectivity index (χ0) is 19.4. The molecule has 1 atom stereocenters. The van der Waals surface area contributed by atoms with Crippen molar-refractivity contribution < 1.29 is 23.9 Å². The maximum atomic E-state index is 12.6. The van der Waals surface area contributed by atoms with Crippen LogP contribution in [-0.2, 0) is 32.0 Å². The first kappa shape index (κ1) is 18.8. The van der Waals surface area contributed by atoms with E-state index < -0.39 is 30.5 Å². The lowest BCUT2D eigenvalue weighted by Crippen LogP contribution is -2.50. The Morgan fingerprint density at radius 3 is 2.59 bits per heavy atom. The maximum absolute atomic E-state index is 12.6. The van der Waals surface area contributed by atoms with Gasteiger partial charge in [-0.2, -0.15) is 0 Å². The van der Waals surface area contributed by atoms with Gasteiger partial charge in [0, 0.05) is 19.2 Å². The van der Waals surface area contributed by atoms with Crippen LogP contribution in [0, 0.1) is 0 Å². The minimum Gasteiger partial charge on any atom is -0.467 e. The molecule has 7 nitrogen and oxygen atoms in total. The molecule has 2 heterocycles. The first-order chi connectivity index (χ1) is 13.0. The summed E-state index contributed by atoms with van der Waals surface area (Å²) in [5.41, 5.74) is 2.11. The molecule has 0 spiro atoms. The highest BCUT2D eigenvalue weighted by Gasteiger charge is 2.35. The molecule has 1 aromatic carbocycles. The van der Waals surface area contributed by atoms with Crippen LogP contribution in [0.1, 0.15) is 21.5 Å². The highest BCUT2D eigenvalue weighted by atomic mass is 35.5. The highest BCUT2D eigenvalue weighted by molar-refractivity contribution is 6.29. The van der Waals surface area contributed by atoms with Crippen LogP contribution in [0.5, 0.6) is 0 Å². The second-order valence-corrected chi connectivity index (χ2v) is 6.37. The molecule has 0 aliphatic carbocycles. The van der Waals surface area contributed by atoms with Gasteiger partial charge in [-0.3, -0.25) is 4.79 Å². The molecule has 0 N–H and O–H groups in total. The number of fused-ring (bicyclic) bond motifs is 1. The molecule has 0 saturated carbocycles. The molecule has 1 aliphatic heterocycles. The Kier molecular flexibility index (Phi) is 5.71. The normalized spacial score (nSPS) is 15.6. The summed E-state index contributed by atoms with van der Waals surface area (Å²) in [5, 5.41) is 0.246. The number of nitrogens with zero attached hydrogens (tertiary/aromatic N) is 2. The molecule has 0 radical (unpaired) electrons. The molecule has 8 heteroatoms. The molecule has 0 fully saturated rings. The van der Waals surface area contributed by atoms with Gasteiger partial charge in [0.2, 0.25) is 0 Å². The molecular formula is C19H17ClN2O5. The van der Waals surface area contributed by atoms with Crippen LogP contribution in [0.2, 0.25) is 5.15 Å². The lowest BCUT2D eigenvalue weighted by Gasteiger charge is -2.35. The fourth-order valence-corrected chi connectivity index (χ4v) is 3.03. The predicted molar refractivity (Wildman–Crippen MR) is 96.0 cm³/mol. The van der Waals surface area contributed by atoms with Gasteiger partial charge in [0.05, 0.1) is 12.7 Å². The smallest absolute Gasteiger partial charge is 0.340 e. The second-order valence-electron chi connectivity index (χ2n) is 5.98. The van der Waals surface area contributed by atoms with Crippen LogP contribution in [0.3, 0.4) is 0 Å². The van der Waals surface area contributed by atoms with Gasteiger partial charge in [0.15, 0.2) is 6.61 Å². The number of amides is 1. The number of rotatable bonds is 4. The largest absolute Gasteiger partial charge is 0.467 e. The number of benzene rings is 1. The van der Waals surface area contributed by atoms with Gasteiger partial charge in [-0.1, -0.05) is 35.9 Å². The summed E-state index contributed by atoms with van der Waals surface area (Å²) >= 11 is 5.68. The molecule has 0 bridgehead atoms. The third kappa shape index (κ3) is 4.25. The quantitative estimate of drug-likeness (QED) is 0.588. The molecule has 1 amide bonds. The topological polar surface area (TPSA) is 85.8 Å². The summed E-state index contributed by atoms with van der Waals surface area (Å²) < 4.78 is 9.90. The van der Waals surface area contributed by atoms with Crippen molar-refractivity contribution in [2.24, 2.45) is 0 Å². The van der Waals surface area contributed by atoms with E-state index in [0.29, 0.717) is 6.42 Å². The van der Waals surface area contributed by atoms with Crippen LogP contribution in [0.15, 0.2) is 42.6 Å². The van der Waals surface area contributed by atoms with Crippen molar-refractivity contribution in [3.8, 4) is 0 Å². The van der Waals surface area contributed by atoms with Gasteiger partial charge in [0.1, 0.15) is 11.2 Å². The highest BCUT2D eigenvalue weighted by Crippen LogP contribution is 2.24. The van der Waals surface area contributed by atoms with Crippen LogP contribution in [-0.4, -0.2) is 47.5 Å². The first-order valence-corrected chi connectivity index (χ1v) is 8.60. The number of pyridine rings is 1. The van der Waals surface area contributed by atoms with Crippen molar-refractivity contribution in [3.63, 3.8) is 0 Å². The fourth-order valence-electron chi connectivity index (χ4n) is 2.92. The van der Waals surface area contributed by atoms with E-state index in [1.807, 2.05) is 24.3 Å². The van der Waals surface area contributed by atoms with Gasteiger partial charge < -0.3 is 14.4 Å². The number of carbonyl (C=O) groups excluding carboxylic acids is 3. The summed E-state index contributed by atoms with van der Waals surface area (Å²) in [6.45, 7) is -0.244. The molecule has 27 heavy (non-hydrogen) atoms. The third-order valence-electron chi connectivity index (χ3n) is 4.33. The van der Waals surface area contributed by atoms with Crippen molar-refractivity contribution in [1.82, 2.24) is 9.88 Å². The zero-order valence-corrected chi connectivity index (χ0v) is 15.3. The Morgan fingerprint density at radius 2 is 1.93 bits per heavy atom. The van der Waals surface area contributed by atoms with Crippen molar-refractivity contribution in [3.05, 3.63) is 64.4 Å². The van der Waals surface area contributed by atoms with Gasteiger partial charge >= 0.3 is 11.9 Å². The fraction of sp³-hybridized carbons (Fsp3) is 0.263. The van der Waals surface area contributed by atoms with E-state index >= 15 is 0 Å². The number of ether oxygens (including phenoxy) is 2. The van der Waals surface area contributed by atoms with Crippen molar-refractivity contribution >= 4 is 29.4 Å². The van der Waals surface area contributed by atoms with Crippen molar-refractivity contribution in [2.75, 3.05) is 13.7 Å². The Hall–Kier alpha value is -2.93. The van der Waals surface area contributed by atoms with E-state index in [9.17, 15) is 14.4 Å². The predicted octanol–water partition coefficient (Wildman–Crippen LogP) is 2.02. The van der Waals surface area contributed by atoms with Crippen LogP contribution in [0.25, 0.3) is 0 Å². The summed E-state index contributed by atoms with van der Waals surface area (Å²) in [4.78, 5) is 42.0. The summed E-state index contributed by atoms with van der Waals surface area (Å²) in [6, 6.07) is 9.72. The van der Waals surface area contributed by atoms with Crippen molar-refractivity contribution in [2.45, 2.75) is 19.0 Å². The summed E-state index contributed by atoms with van der Waals surface area (Å²) in [6.07, 6.45) is 1.62. The maximum Gasteiger partial charge on any atom is 0.340 e. The molecule has 3 rings (SSSR count). The number of methoxy groups -OCH3 is 1. The molecule has 2 aromatic rings. The Labute approximate surface area is 160 Å². The van der Waals surface area contributed by atoms with Crippen LogP contribution >= 0.6 is 11.6 Å². The summed E-state index contributed by atoms with van der Waals surface area (Å²) in [5.74, 6) is -1.68. The molecule has 1 aliphatic rings. The van der Waals surface area contributed by atoms with E-state index in [4.69, 9.17) is 21.1 Å². The van der Waals surface area contributed by atoms with Gasteiger partial charge in [-0.15, -0.1) is 0 Å². The van der Waals surface area contributed by atoms with E-state index in [-0.39, 0.29) is 17.3 Å². The molecule has 0 unspecified atom stereocenters. The minimum atomic E-state index is -0.756. The van der Waals surface area contributed by atoms with E-state index in [0.717, 1.165) is 11.1 Å². The van der Waals surface area contributed by atoms with E-state index in [2.05, 4.69) is 4.98 Å². The number of hydrogen-bond acceptors (Lipinski definition) is 6. The SMILES string of the molecule is COC(=O)[C@H]1Cc2ccccc2CN1C(=O)COC(=O)c1ccc(Cl)nc1. The minimum absolute atomic E-state index is 0.181. The number of halogens is 1. The second kappa shape index (κ2) is 8.18. The standard InChI is InChI=1S/C19H17ClN2O5/c1-26-19(25)15-8-12-4-2-3-5-14(12)10-22(15)17(23)11-27-18(24)13-6-7-16(20)21-9-13/h2-7,9,15H,8,10-11H2,1H3/t15-/m1/s1. The molecule has 1 aromatic heterocycles. The lowest BCUT2D eigenvalue weighted by molar-refractivity contribution is -0.155. The van der Waals surface area contributed by atoms with Crippen LogP contribution in [0.4, 0.5) is 0 Å². The van der Waals surface area contributed by atoms with E-state index in [1.54, 1.807) is 0 Å². The first-order valence-electron chi connectivity index (χ1n) is 8.22. The summed E-state index contributed by atoms with van der Waals surface area (Å²) in [7, 11) is 1.28. The lowest BCUT2D eigenvalue weighted by atomic mass is 9.94. The van der Waals surface area contributed by atoms with E-state index in [1.165, 1.54) is 30.3 Å². The number of esters is 2. The number of hydrogen-bond donors (Lipinski definition) is 0. The Bertz CT molecular complexity index is 869. The Morgan fingerprint density at radius 1 is 1.19 bits per heavy atom. The Balaban J connectivity index is 1.70. The van der Waals surface area contributed by atoms with Gasteiger partial charge in [-0.25, -0.2) is 14.6 Å².